The molecular weight excluding hydrogens is 254 g/mol. The average Bonchev–Trinajstić information content (AvgIpc) is 2.90. The van der Waals surface area contributed by atoms with Gasteiger partial charge >= 0.3 is 0 Å². The number of thiophene rings is 1. The summed E-state index contributed by atoms with van der Waals surface area (Å²) >= 11 is 7.96. The quantitative estimate of drug-likeness (QED) is 0.875. The Bertz CT molecular complexity index is 355. The van der Waals surface area contributed by atoms with Crippen molar-refractivity contribution in [3.63, 3.8) is 0 Å². The summed E-state index contributed by atoms with van der Waals surface area (Å²) in [5, 5.41) is 6.50. The number of halogens is 1. The normalized spacial score (nSPS) is 26.3. The zero-order valence-corrected chi connectivity index (χ0v) is 12.0. The largest absolute Gasteiger partial charge is 0.373 e. The first kappa shape index (κ1) is 13.3. The van der Waals surface area contributed by atoms with E-state index in [0.717, 1.165) is 30.8 Å². The number of hydrogen-bond donors (Lipinski definition) is 1. The smallest absolute Gasteiger partial charge is 0.0782 e. The van der Waals surface area contributed by atoms with E-state index in [4.69, 9.17) is 16.3 Å². The van der Waals surface area contributed by atoms with Gasteiger partial charge < -0.3 is 10.1 Å². The Kier molecular flexibility index (Phi) is 4.86. The lowest BCUT2D eigenvalue weighted by Crippen LogP contribution is -2.32. The van der Waals surface area contributed by atoms with E-state index in [9.17, 15) is 0 Å². The number of hydrogen-bond acceptors (Lipinski definition) is 3. The van der Waals surface area contributed by atoms with Crippen LogP contribution in [0, 0.1) is 0 Å². The topological polar surface area (TPSA) is 21.3 Å². The number of nitrogens with one attached hydrogen (secondary N) is 1. The predicted molar refractivity (Wildman–Crippen MR) is 73.9 cm³/mol. The average molecular weight is 274 g/mol. The monoisotopic (exact) mass is 273 g/mol. The summed E-state index contributed by atoms with van der Waals surface area (Å²) < 4.78 is 5.98. The van der Waals surface area contributed by atoms with Gasteiger partial charge in [-0.15, -0.1) is 11.3 Å². The minimum absolute atomic E-state index is 0.257. The highest BCUT2D eigenvalue weighted by Crippen LogP contribution is 2.36. The van der Waals surface area contributed by atoms with Crippen LogP contribution in [0.2, 0.25) is 5.02 Å². The second-order valence-electron chi connectivity index (χ2n) is 4.63. The van der Waals surface area contributed by atoms with Gasteiger partial charge in [-0.3, -0.25) is 0 Å². The molecule has 1 aliphatic heterocycles. The Morgan fingerprint density at radius 3 is 2.94 bits per heavy atom. The van der Waals surface area contributed by atoms with Crippen LogP contribution in [0.3, 0.4) is 0 Å². The third-order valence-corrected chi connectivity index (χ3v) is 4.62. The maximum Gasteiger partial charge on any atom is 0.0782 e. The van der Waals surface area contributed by atoms with E-state index in [1.54, 1.807) is 11.3 Å². The molecule has 1 fully saturated rings. The molecule has 3 atom stereocenters. The first-order valence-corrected chi connectivity index (χ1v) is 7.60. The summed E-state index contributed by atoms with van der Waals surface area (Å²) in [4.78, 5) is 1.22. The van der Waals surface area contributed by atoms with Crippen molar-refractivity contribution in [2.45, 2.75) is 51.4 Å². The van der Waals surface area contributed by atoms with Gasteiger partial charge in [0.05, 0.1) is 23.3 Å². The Hall–Kier alpha value is -0.0900. The molecule has 0 amide bonds. The fourth-order valence-corrected chi connectivity index (χ4v) is 3.60. The van der Waals surface area contributed by atoms with Gasteiger partial charge in [-0.25, -0.2) is 0 Å². The van der Waals surface area contributed by atoms with Gasteiger partial charge in [0.2, 0.25) is 0 Å². The van der Waals surface area contributed by atoms with Crippen LogP contribution in [-0.4, -0.2) is 18.8 Å². The Labute approximate surface area is 112 Å². The molecule has 96 valence electrons. The van der Waals surface area contributed by atoms with Crippen molar-refractivity contribution in [3.8, 4) is 0 Å². The zero-order chi connectivity index (χ0) is 12.3. The molecular formula is C13H20ClNOS. The highest BCUT2D eigenvalue weighted by atomic mass is 35.5. The Morgan fingerprint density at radius 1 is 1.59 bits per heavy atom. The van der Waals surface area contributed by atoms with Crippen LogP contribution in [0.1, 0.15) is 44.0 Å². The Morgan fingerprint density at radius 2 is 2.41 bits per heavy atom. The molecule has 4 heteroatoms. The van der Waals surface area contributed by atoms with E-state index in [0.29, 0.717) is 6.10 Å². The van der Waals surface area contributed by atoms with Crippen LogP contribution in [0.25, 0.3) is 0 Å². The third-order valence-electron chi connectivity index (χ3n) is 3.18. The van der Waals surface area contributed by atoms with Gasteiger partial charge in [0.25, 0.3) is 0 Å². The number of ether oxygens (including phenoxy) is 1. The fraction of sp³-hybridized carbons (Fsp3) is 0.692. The van der Waals surface area contributed by atoms with Crippen LogP contribution in [0.4, 0.5) is 0 Å². The molecule has 1 N–H and O–H groups in total. The molecule has 1 aromatic rings. The van der Waals surface area contributed by atoms with E-state index >= 15 is 0 Å². The summed E-state index contributed by atoms with van der Waals surface area (Å²) in [6.07, 6.45) is 4.05. The lowest BCUT2D eigenvalue weighted by Gasteiger charge is -2.24. The molecule has 2 heterocycles. The molecule has 0 aromatic carbocycles. The highest BCUT2D eigenvalue weighted by Gasteiger charge is 2.32. The van der Waals surface area contributed by atoms with Gasteiger partial charge in [-0.1, -0.05) is 18.5 Å². The van der Waals surface area contributed by atoms with E-state index in [1.807, 2.05) is 6.07 Å². The molecule has 0 saturated carbocycles. The van der Waals surface area contributed by atoms with Crippen molar-refractivity contribution in [3.05, 3.63) is 21.3 Å². The SMILES string of the molecule is CCCNC(c1sccc1Cl)C1CCC(C)O1. The molecule has 0 radical (unpaired) electrons. The molecule has 2 nitrogen and oxygen atoms in total. The third kappa shape index (κ3) is 3.22. The van der Waals surface area contributed by atoms with Crippen molar-refractivity contribution in [2.24, 2.45) is 0 Å². The minimum Gasteiger partial charge on any atom is -0.373 e. The van der Waals surface area contributed by atoms with E-state index in [-0.39, 0.29) is 12.1 Å². The second-order valence-corrected chi connectivity index (χ2v) is 5.98. The van der Waals surface area contributed by atoms with E-state index in [1.165, 1.54) is 4.88 Å². The predicted octanol–water partition coefficient (Wildman–Crippen LogP) is 4.01. The summed E-state index contributed by atoms with van der Waals surface area (Å²) in [6.45, 7) is 5.33. The molecule has 1 aliphatic rings. The minimum atomic E-state index is 0.257. The first-order valence-electron chi connectivity index (χ1n) is 6.34. The van der Waals surface area contributed by atoms with Gasteiger partial charge in [-0.05, 0) is 44.2 Å². The van der Waals surface area contributed by atoms with Gasteiger partial charge in [0.1, 0.15) is 0 Å². The summed E-state index contributed by atoms with van der Waals surface area (Å²) in [5.41, 5.74) is 0. The standard InChI is InChI=1S/C13H20ClNOS/c1-3-7-15-12(11-5-4-9(2)16-11)13-10(14)6-8-17-13/h6,8-9,11-12,15H,3-5,7H2,1-2H3. The lowest BCUT2D eigenvalue weighted by molar-refractivity contribution is 0.0324. The molecule has 17 heavy (non-hydrogen) atoms. The van der Waals surface area contributed by atoms with Crippen LogP contribution < -0.4 is 5.32 Å². The maximum absolute atomic E-state index is 6.24. The van der Waals surface area contributed by atoms with Crippen molar-refractivity contribution in [2.75, 3.05) is 6.54 Å². The summed E-state index contributed by atoms with van der Waals surface area (Å²) in [7, 11) is 0. The molecule has 0 aliphatic carbocycles. The number of rotatable bonds is 5. The van der Waals surface area contributed by atoms with Crippen molar-refractivity contribution in [1.29, 1.82) is 0 Å². The molecule has 0 bridgehead atoms. The summed E-state index contributed by atoms with van der Waals surface area (Å²) in [6, 6.07) is 2.23. The van der Waals surface area contributed by atoms with Crippen LogP contribution in [0.5, 0.6) is 0 Å². The first-order chi connectivity index (χ1) is 8.22. The second kappa shape index (κ2) is 6.19. The van der Waals surface area contributed by atoms with Crippen molar-refractivity contribution >= 4 is 22.9 Å². The highest BCUT2D eigenvalue weighted by molar-refractivity contribution is 7.10. The van der Waals surface area contributed by atoms with E-state index < -0.39 is 0 Å². The van der Waals surface area contributed by atoms with Gasteiger partial charge in [0, 0.05) is 4.88 Å². The van der Waals surface area contributed by atoms with Crippen LogP contribution >= 0.6 is 22.9 Å². The van der Waals surface area contributed by atoms with Crippen LogP contribution in [-0.2, 0) is 4.74 Å². The van der Waals surface area contributed by atoms with E-state index in [2.05, 4.69) is 24.5 Å². The zero-order valence-electron chi connectivity index (χ0n) is 10.4. The van der Waals surface area contributed by atoms with Gasteiger partial charge in [-0.2, -0.15) is 0 Å². The molecule has 1 aromatic heterocycles. The maximum atomic E-state index is 6.24. The molecule has 2 rings (SSSR count). The lowest BCUT2D eigenvalue weighted by atomic mass is 10.1. The molecule has 1 saturated heterocycles. The van der Waals surface area contributed by atoms with Crippen molar-refractivity contribution in [1.82, 2.24) is 5.32 Å². The Balaban J connectivity index is 2.10. The summed E-state index contributed by atoms with van der Waals surface area (Å²) in [5.74, 6) is 0. The van der Waals surface area contributed by atoms with Crippen LogP contribution in [0.15, 0.2) is 11.4 Å². The fourth-order valence-electron chi connectivity index (χ4n) is 2.30. The molecule has 0 spiro atoms. The van der Waals surface area contributed by atoms with Gasteiger partial charge in [0.15, 0.2) is 0 Å². The molecule has 3 unspecified atom stereocenters. The van der Waals surface area contributed by atoms with Crippen molar-refractivity contribution < 1.29 is 4.74 Å².